The van der Waals surface area contributed by atoms with Crippen molar-refractivity contribution in [2.45, 2.75) is 13.0 Å². The third-order valence-corrected chi connectivity index (χ3v) is 2.03. The highest BCUT2D eigenvalue weighted by atomic mass is 16.5. The van der Waals surface area contributed by atoms with Crippen molar-refractivity contribution in [2.75, 3.05) is 7.11 Å². The van der Waals surface area contributed by atoms with E-state index in [1.165, 1.54) is 7.11 Å². The fourth-order valence-corrected chi connectivity index (χ4v) is 1.31. The van der Waals surface area contributed by atoms with Crippen LogP contribution in [-0.2, 0) is 13.0 Å². The summed E-state index contributed by atoms with van der Waals surface area (Å²) in [5.41, 5.74) is 7.26. The van der Waals surface area contributed by atoms with Crippen LogP contribution in [-0.4, -0.2) is 12.2 Å². The first-order valence-corrected chi connectivity index (χ1v) is 4.42. The Bertz CT molecular complexity index is 334. The maximum absolute atomic E-state index is 9.73. The van der Waals surface area contributed by atoms with Crippen LogP contribution < -0.4 is 10.5 Å². The van der Waals surface area contributed by atoms with Gasteiger partial charge in [0.2, 0.25) is 0 Å². The number of ether oxygens (including phenoxy) is 1. The maximum Gasteiger partial charge on any atom is 0.161 e. The molecule has 0 fully saturated rings. The number of rotatable bonds is 4. The van der Waals surface area contributed by atoms with E-state index in [-0.39, 0.29) is 5.75 Å². The van der Waals surface area contributed by atoms with E-state index in [1.54, 1.807) is 12.1 Å². The standard InChI is InChI=1S/C11H15NO2/c1-3-4-9-5-8(7-12)6-10(14-2)11(9)13/h3,5-6,13H,1,4,7,12H2,2H3. The Kier molecular flexibility index (Phi) is 3.54. The van der Waals surface area contributed by atoms with Crippen molar-refractivity contribution in [1.29, 1.82) is 0 Å². The Morgan fingerprint density at radius 1 is 1.57 bits per heavy atom. The predicted molar refractivity (Wildman–Crippen MR) is 56.5 cm³/mol. The molecule has 0 aliphatic heterocycles. The topological polar surface area (TPSA) is 55.5 Å². The molecule has 0 heterocycles. The van der Waals surface area contributed by atoms with E-state index in [1.807, 2.05) is 6.07 Å². The van der Waals surface area contributed by atoms with Gasteiger partial charge in [-0.15, -0.1) is 6.58 Å². The van der Waals surface area contributed by atoms with Gasteiger partial charge in [-0.2, -0.15) is 0 Å². The molecule has 14 heavy (non-hydrogen) atoms. The minimum absolute atomic E-state index is 0.171. The Balaban J connectivity index is 3.19. The van der Waals surface area contributed by atoms with Gasteiger partial charge in [-0.05, 0) is 18.1 Å². The predicted octanol–water partition coefficient (Wildman–Crippen LogP) is 1.59. The number of benzene rings is 1. The van der Waals surface area contributed by atoms with E-state index in [0.717, 1.165) is 11.1 Å². The molecule has 0 aromatic heterocycles. The summed E-state index contributed by atoms with van der Waals surface area (Å²) in [5.74, 6) is 0.634. The van der Waals surface area contributed by atoms with Crippen molar-refractivity contribution in [1.82, 2.24) is 0 Å². The molecule has 0 bridgehead atoms. The van der Waals surface area contributed by atoms with Gasteiger partial charge < -0.3 is 15.6 Å². The summed E-state index contributed by atoms with van der Waals surface area (Å²) in [7, 11) is 1.52. The van der Waals surface area contributed by atoms with E-state index in [0.29, 0.717) is 18.7 Å². The van der Waals surface area contributed by atoms with E-state index in [2.05, 4.69) is 6.58 Å². The SMILES string of the molecule is C=CCc1cc(CN)cc(OC)c1O. The molecule has 0 unspecified atom stereocenters. The molecule has 76 valence electrons. The van der Waals surface area contributed by atoms with Gasteiger partial charge in [0.05, 0.1) is 7.11 Å². The number of phenolic OH excluding ortho intramolecular Hbond substituents is 1. The number of aromatic hydroxyl groups is 1. The number of hydrogen-bond donors (Lipinski definition) is 2. The fraction of sp³-hybridized carbons (Fsp3) is 0.273. The number of phenols is 1. The van der Waals surface area contributed by atoms with Crippen LogP contribution in [0.15, 0.2) is 24.8 Å². The zero-order valence-electron chi connectivity index (χ0n) is 8.29. The van der Waals surface area contributed by atoms with Crippen LogP contribution in [0.1, 0.15) is 11.1 Å². The van der Waals surface area contributed by atoms with Crippen molar-refractivity contribution in [2.24, 2.45) is 5.73 Å². The van der Waals surface area contributed by atoms with Gasteiger partial charge in [0.15, 0.2) is 11.5 Å². The van der Waals surface area contributed by atoms with Crippen LogP contribution in [0.4, 0.5) is 0 Å². The van der Waals surface area contributed by atoms with Crippen molar-refractivity contribution < 1.29 is 9.84 Å². The monoisotopic (exact) mass is 193 g/mol. The van der Waals surface area contributed by atoms with E-state index < -0.39 is 0 Å². The summed E-state index contributed by atoms with van der Waals surface area (Å²) in [4.78, 5) is 0. The first-order chi connectivity index (χ1) is 6.72. The summed E-state index contributed by atoms with van der Waals surface area (Å²) in [6.45, 7) is 4.06. The molecule has 0 radical (unpaired) electrons. The van der Waals surface area contributed by atoms with Crippen LogP contribution >= 0.6 is 0 Å². The highest BCUT2D eigenvalue weighted by Crippen LogP contribution is 2.31. The quantitative estimate of drug-likeness (QED) is 0.714. The van der Waals surface area contributed by atoms with Crippen LogP contribution in [0.25, 0.3) is 0 Å². The second-order valence-corrected chi connectivity index (χ2v) is 3.00. The first-order valence-electron chi connectivity index (χ1n) is 4.42. The van der Waals surface area contributed by atoms with Crippen molar-refractivity contribution in [3.05, 3.63) is 35.9 Å². The second kappa shape index (κ2) is 4.67. The van der Waals surface area contributed by atoms with Gasteiger partial charge in [0.1, 0.15) is 0 Å². The lowest BCUT2D eigenvalue weighted by Gasteiger charge is -2.09. The molecule has 0 spiro atoms. The smallest absolute Gasteiger partial charge is 0.161 e. The third-order valence-electron chi connectivity index (χ3n) is 2.03. The van der Waals surface area contributed by atoms with E-state index in [4.69, 9.17) is 10.5 Å². The molecule has 0 atom stereocenters. The lowest BCUT2D eigenvalue weighted by molar-refractivity contribution is 0.370. The van der Waals surface area contributed by atoms with Crippen molar-refractivity contribution >= 4 is 0 Å². The van der Waals surface area contributed by atoms with Crippen LogP contribution in [0, 0.1) is 0 Å². The lowest BCUT2D eigenvalue weighted by Crippen LogP contribution is -1.99. The summed E-state index contributed by atoms with van der Waals surface area (Å²) < 4.78 is 5.03. The molecule has 0 aliphatic carbocycles. The Morgan fingerprint density at radius 3 is 2.79 bits per heavy atom. The third kappa shape index (κ3) is 2.06. The van der Waals surface area contributed by atoms with Crippen LogP contribution in [0.5, 0.6) is 11.5 Å². The summed E-state index contributed by atoms with van der Waals surface area (Å²) in [6, 6.07) is 3.60. The zero-order valence-corrected chi connectivity index (χ0v) is 8.29. The molecule has 3 heteroatoms. The second-order valence-electron chi connectivity index (χ2n) is 3.00. The number of allylic oxidation sites excluding steroid dienone is 1. The molecule has 0 saturated carbocycles. The molecule has 1 aromatic carbocycles. The normalized spacial score (nSPS) is 9.86. The fourth-order valence-electron chi connectivity index (χ4n) is 1.31. The highest BCUT2D eigenvalue weighted by Gasteiger charge is 2.08. The molecule has 3 nitrogen and oxygen atoms in total. The molecular formula is C11H15NO2. The van der Waals surface area contributed by atoms with Crippen LogP contribution in [0.3, 0.4) is 0 Å². The minimum Gasteiger partial charge on any atom is -0.504 e. The minimum atomic E-state index is 0.171. The van der Waals surface area contributed by atoms with E-state index in [9.17, 15) is 5.11 Å². The Hall–Kier alpha value is -1.48. The van der Waals surface area contributed by atoms with Crippen LogP contribution in [0.2, 0.25) is 0 Å². The molecule has 1 rings (SSSR count). The first kappa shape index (κ1) is 10.6. The summed E-state index contributed by atoms with van der Waals surface area (Å²) >= 11 is 0. The Labute approximate surface area is 83.8 Å². The van der Waals surface area contributed by atoms with E-state index >= 15 is 0 Å². The lowest BCUT2D eigenvalue weighted by atomic mass is 10.1. The zero-order chi connectivity index (χ0) is 10.6. The number of methoxy groups -OCH3 is 1. The van der Waals surface area contributed by atoms with Crippen molar-refractivity contribution in [3.63, 3.8) is 0 Å². The molecule has 3 N–H and O–H groups in total. The maximum atomic E-state index is 9.73. The van der Waals surface area contributed by atoms with Gasteiger partial charge in [-0.25, -0.2) is 0 Å². The summed E-state index contributed by atoms with van der Waals surface area (Å²) in [5, 5.41) is 9.73. The average molecular weight is 193 g/mol. The number of nitrogens with two attached hydrogens (primary N) is 1. The average Bonchev–Trinajstić information content (AvgIpc) is 2.21. The van der Waals surface area contributed by atoms with Gasteiger partial charge in [0.25, 0.3) is 0 Å². The van der Waals surface area contributed by atoms with Gasteiger partial charge in [0, 0.05) is 12.1 Å². The number of hydrogen-bond acceptors (Lipinski definition) is 3. The molecule has 0 saturated heterocycles. The van der Waals surface area contributed by atoms with Gasteiger partial charge in [-0.1, -0.05) is 12.1 Å². The van der Waals surface area contributed by atoms with Gasteiger partial charge >= 0.3 is 0 Å². The summed E-state index contributed by atoms with van der Waals surface area (Å²) in [6.07, 6.45) is 2.34. The molecule has 0 amide bonds. The highest BCUT2D eigenvalue weighted by molar-refractivity contribution is 5.49. The molecular weight excluding hydrogens is 178 g/mol. The van der Waals surface area contributed by atoms with Gasteiger partial charge in [-0.3, -0.25) is 0 Å². The Morgan fingerprint density at radius 2 is 2.29 bits per heavy atom. The molecule has 0 aliphatic rings. The van der Waals surface area contributed by atoms with Crippen molar-refractivity contribution in [3.8, 4) is 11.5 Å². The largest absolute Gasteiger partial charge is 0.504 e. The molecule has 1 aromatic rings.